The molecule has 0 saturated heterocycles. The highest BCUT2D eigenvalue weighted by Crippen LogP contribution is 2.25. The van der Waals surface area contributed by atoms with Gasteiger partial charge in [0.1, 0.15) is 0 Å². The summed E-state index contributed by atoms with van der Waals surface area (Å²) in [4.78, 5) is 10.8. The topological polar surface area (TPSA) is 49.3 Å². The Balaban J connectivity index is 1.58. The molecule has 4 heteroatoms. The molecule has 1 atom stereocenters. The lowest BCUT2D eigenvalue weighted by Gasteiger charge is -2.26. The van der Waals surface area contributed by atoms with Gasteiger partial charge in [0.15, 0.2) is 0 Å². The second-order valence-electron chi connectivity index (χ2n) is 5.74. The van der Waals surface area contributed by atoms with Crippen LogP contribution in [-0.4, -0.2) is 17.1 Å². The Bertz CT molecular complexity index is 682. The van der Waals surface area contributed by atoms with Crippen LogP contribution in [0.3, 0.4) is 0 Å². The van der Waals surface area contributed by atoms with Crippen molar-refractivity contribution in [3.05, 3.63) is 69.2 Å². The number of carboxylic acids is 1. The molecule has 0 bridgehead atoms. The fourth-order valence-corrected chi connectivity index (χ4v) is 3.33. The van der Waals surface area contributed by atoms with Crippen LogP contribution in [0.25, 0.3) is 0 Å². The summed E-state index contributed by atoms with van der Waals surface area (Å²) in [7, 11) is 0. The molecule has 0 amide bonds. The van der Waals surface area contributed by atoms with E-state index in [9.17, 15) is 4.79 Å². The molecule has 1 aliphatic rings. The summed E-state index contributed by atoms with van der Waals surface area (Å²) >= 11 is 3.53. The van der Waals surface area contributed by atoms with E-state index >= 15 is 0 Å². The Labute approximate surface area is 138 Å². The van der Waals surface area contributed by atoms with Crippen molar-refractivity contribution in [2.75, 3.05) is 0 Å². The van der Waals surface area contributed by atoms with Gasteiger partial charge in [-0.3, -0.25) is 0 Å². The van der Waals surface area contributed by atoms with Crippen LogP contribution in [-0.2, 0) is 19.4 Å². The Hall–Kier alpha value is -1.65. The van der Waals surface area contributed by atoms with E-state index in [-0.39, 0.29) is 0 Å². The first-order valence-electron chi connectivity index (χ1n) is 7.45. The van der Waals surface area contributed by atoms with Crippen molar-refractivity contribution in [3.8, 4) is 0 Å². The van der Waals surface area contributed by atoms with Gasteiger partial charge in [-0.2, -0.15) is 0 Å². The number of nitrogens with one attached hydrogen (secondary N) is 1. The maximum Gasteiger partial charge on any atom is 0.335 e. The molecule has 1 aliphatic carbocycles. The zero-order valence-corrected chi connectivity index (χ0v) is 13.8. The molecule has 0 spiro atoms. The Kier molecular flexibility index (Phi) is 4.60. The molecule has 0 aromatic heterocycles. The first-order valence-corrected chi connectivity index (χ1v) is 8.24. The van der Waals surface area contributed by atoms with Gasteiger partial charge in [-0.25, -0.2) is 4.79 Å². The van der Waals surface area contributed by atoms with Crippen LogP contribution in [0.5, 0.6) is 0 Å². The number of rotatable bonds is 4. The number of fused-ring (bicyclic) bond motifs is 1. The summed E-state index contributed by atoms with van der Waals surface area (Å²) in [5.41, 5.74) is 4.32. The SMILES string of the molecule is O=C(O)c1ccc(CNC2CCc3cc(Br)ccc3C2)cc1. The molecule has 2 aromatic rings. The summed E-state index contributed by atoms with van der Waals surface area (Å²) in [5.74, 6) is -0.880. The van der Waals surface area contributed by atoms with Gasteiger partial charge >= 0.3 is 5.97 Å². The van der Waals surface area contributed by atoms with Gasteiger partial charge in [0.25, 0.3) is 0 Å². The Morgan fingerprint density at radius 2 is 1.95 bits per heavy atom. The molecule has 2 aromatic carbocycles. The van der Waals surface area contributed by atoms with E-state index < -0.39 is 5.97 Å². The first-order chi connectivity index (χ1) is 10.6. The first kappa shape index (κ1) is 15.3. The van der Waals surface area contributed by atoms with Crippen LogP contribution in [0, 0.1) is 0 Å². The predicted octanol–water partition coefficient (Wildman–Crippen LogP) is 3.79. The molecule has 22 heavy (non-hydrogen) atoms. The molecule has 3 rings (SSSR count). The van der Waals surface area contributed by atoms with Gasteiger partial charge in [0.05, 0.1) is 5.56 Å². The van der Waals surface area contributed by atoms with E-state index in [1.165, 1.54) is 11.1 Å². The highest BCUT2D eigenvalue weighted by molar-refractivity contribution is 9.10. The van der Waals surface area contributed by atoms with Crippen LogP contribution < -0.4 is 5.32 Å². The van der Waals surface area contributed by atoms with Crippen molar-refractivity contribution >= 4 is 21.9 Å². The molecule has 0 fully saturated rings. The van der Waals surface area contributed by atoms with Gasteiger partial charge in [0.2, 0.25) is 0 Å². The normalized spacial score (nSPS) is 17.0. The van der Waals surface area contributed by atoms with Crippen molar-refractivity contribution in [1.82, 2.24) is 5.32 Å². The molecule has 0 radical (unpaired) electrons. The third-order valence-electron chi connectivity index (χ3n) is 4.19. The van der Waals surface area contributed by atoms with Crippen LogP contribution in [0.1, 0.15) is 33.5 Å². The molecule has 1 unspecified atom stereocenters. The zero-order valence-electron chi connectivity index (χ0n) is 12.2. The largest absolute Gasteiger partial charge is 0.478 e. The third kappa shape index (κ3) is 3.57. The van der Waals surface area contributed by atoms with Crippen LogP contribution >= 0.6 is 15.9 Å². The zero-order chi connectivity index (χ0) is 15.5. The van der Waals surface area contributed by atoms with Gasteiger partial charge in [-0.05, 0) is 60.2 Å². The van der Waals surface area contributed by atoms with E-state index in [0.29, 0.717) is 11.6 Å². The number of carboxylic acid groups (broad SMARTS) is 1. The fourth-order valence-electron chi connectivity index (χ4n) is 2.93. The van der Waals surface area contributed by atoms with E-state index in [4.69, 9.17) is 5.11 Å². The molecule has 114 valence electrons. The molecule has 2 N–H and O–H groups in total. The van der Waals surface area contributed by atoms with E-state index in [1.807, 2.05) is 12.1 Å². The second-order valence-corrected chi connectivity index (χ2v) is 6.65. The third-order valence-corrected chi connectivity index (χ3v) is 4.69. The minimum Gasteiger partial charge on any atom is -0.478 e. The van der Waals surface area contributed by atoms with Crippen molar-refractivity contribution in [2.24, 2.45) is 0 Å². The van der Waals surface area contributed by atoms with Crippen LogP contribution in [0.2, 0.25) is 0 Å². The maximum atomic E-state index is 10.8. The number of hydrogen-bond acceptors (Lipinski definition) is 2. The van der Waals surface area contributed by atoms with Crippen molar-refractivity contribution in [2.45, 2.75) is 31.8 Å². The average Bonchev–Trinajstić information content (AvgIpc) is 2.53. The summed E-state index contributed by atoms with van der Waals surface area (Å²) < 4.78 is 1.15. The number of carbonyl (C=O) groups is 1. The number of hydrogen-bond donors (Lipinski definition) is 2. The molecule has 0 saturated carbocycles. The lowest BCUT2D eigenvalue weighted by Crippen LogP contribution is -2.34. The monoisotopic (exact) mass is 359 g/mol. The van der Waals surface area contributed by atoms with Crippen LogP contribution in [0.15, 0.2) is 46.9 Å². The number of benzene rings is 2. The van der Waals surface area contributed by atoms with E-state index in [1.54, 1.807) is 12.1 Å². The molecule has 0 heterocycles. The lowest BCUT2D eigenvalue weighted by atomic mass is 9.88. The Morgan fingerprint density at radius 3 is 2.68 bits per heavy atom. The molecular weight excluding hydrogens is 342 g/mol. The highest BCUT2D eigenvalue weighted by atomic mass is 79.9. The van der Waals surface area contributed by atoms with Crippen LogP contribution in [0.4, 0.5) is 0 Å². The van der Waals surface area contributed by atoms with Gasteiger partial charge in [0, 0.05) is 17.1 Å². The average molecular weight is 360 g/mol. The summed E-state index contributed by atoms with van der Waals surface area (Å²) in [5, 5.41) is 12.5. The van der Waals surface area contributed by atoms with Crippen molar-refractivity contribution in [3.63, 3.8) is 0 Å². The second kappa shape index (κ2) is 6.63. The number of halogens is 1. The Morgan fingerprint density at radius 1 is 1.18 bits per heavy atom. The summed E-state index contributed by atoms with van der Waals surface area (Å²) in [6, 6.07) is 14.1. The summed E-state index contributed by atoms with van der Waals surface area (Å²) in [6.45, 7) is 0.774. The van der Waals surface area contributed by atoms with Crippen molar-refractivity contribution in [1.29, 1.82) is 0 Å². The fraction of sp³-hybridized carbons (Fsp3) is 0.278. The molecule has 3 nitrogen and oxygen atoms in total. The smallest absolute Gasteiger partial charge is 0.335 e. The van der Waals surface area contributed by atoms with E-state index in [0.717, 1.165) is 35.8 Å². The van der Waals surface area contributed by atoms with Gasteiger partial charge in [-0.1, -0.05) is 34.1 Å². The van der Waals surface area contributed by atoms with Crippen molar-refractivity contribution < 1.29 is 9.90 Å². The minimum absolute atomic E-state index is 0.334. The van der Waals surface area contributed by atoms with E-state index in [2.05, 4.69) is 39.4 Å². The predicted molar refractivity (Wildman–Crippen MR) is 90.2 cm³/mol. The van der Waals surface area contributed by atoms with Gasteiger partial charge in [-0.15, -0.1) is 0 Å². The highest BCUT2D eigenvalue weighted by Gasteiger charge is 2.18. The maximum absolute atomic E-state index is 10.8. The lowest BCUT2D eigenvalue weighted by molar-refractivity contribution is 0.0697. The summed E-state index contributed by atoms with van der Waals surface area (Å²) in [6.07, 6.45) is 3.29. The molecule has 0 aliphatic heterocycles. The standard InChI is InChI=1S/C18H18BrNO2/c19-16-7-5-15-10-17(8-6-14(15)9-16)20-11-12-1-3-13(4-2-12)18(21)22/h1-5,7,9,17,20H,6,8,10-11H2,(H,21,22). The number of aryl methyl sites for hydroxylation is 1. The van der Waals surface area contributed by atoms with Gasteiger partial charge < -0.3 is 10.4 Å². The molecular formula is C18H18BrNO2. The number of aromatic carboxylic acids is 1. The quantitative estimate of drug-likeness (QED) is 0.872. The minimum atomic E-state index is -0.880.